The normalized spacial score (nSPS) is 9.80. The highest BCUT2D eigenvalue weighted by molar-refractivity contribution is 5.24. The number of nitrogens with zero attached hydrogens (tertiary/aromatic N) is 3. The van der Waals surface area contributed by atoms with Gasteiger partial charge in [0.05, 0.1) is 0 Å². The number of aromatic nitrogens is 3. The lowest BCUT2D eigenvalue weighted by Gasteiger charge is -2.12. The lowest BCUT2D eigenvalue weighted by molar-refractivity contribution is 0.821. The second-order valence-electron chi connectivity index (χ2n) is 2.23. The minimum atomic E-state index is 0.835. The van der Waals surface area contributed by atoms with Gasteiger partial charge in [-0.25, -0.2) is 5.10 Å². The number of rotatable bonds is 3. The van der Waals surface area contributed by atoms with E-state index in [0.29, 0.717) is 0 Å². The van der Waals surface area contributed by atoms with Crippen molar-refractivity contribution in [3.05, 3.63) is 6.33 Å². The van der Waals surface area contributed by atoms with E-state index in [9.17, 15) is 0 Å². The van der Waals surface area contributed by atoms with Crippen molar-refractivity contribution in [2.45, 2.75) is 13.3 Å². The average Bonchev–Trinajstić information content (AvgIpc) is 2.38. The van der Waals surface area contributed by atoms with Crippen LogP contribution in [0.25, 0.3) is 0 Å². The van der Waals surface area contributed by atoms with Crippen molar-refractivity contribution in [1.29, 1.82) is 0 Å². The molecule has 0 amide bonds. The summed E-state index contributed by atoms with van der Waals surface area (Å²) in [5, 5.41) is 6.53. The Bertz CT molecular complexity index is 170. The molecule has 0 bridgehead atoms. The Labute approximate surface area is 60.3 Å². The standard InChI is InChI=1S/C6H12N4/c1-3-4-10(2)6-7-5-8-9-6/h5H,3-4H2,1-2H3,(H,7,8,9). The zero-order valence-corrected chi connectivity index (χ0v) is 6.33. The molecule has 0 saturated heterocycles. The van der Waals surface area contributed by atoms with E-state index in [1.54, 1.807) is 0 Å². The lowest BCUT2D eigenvalue weighted by Crippen LogP contribution is -2.18. The van der Waals surface area contributed by atoms with E-state index in [1.165, 1.54) is 6.33 Å². The van der Waals surface area contributed by atoms with Crippen LogP contribution in [0.1, 0.15) is 13.3 Å². The number of hydrogen-bond acceptors (Lipinski definition) is 3. The predicted molar refractivity (Wildman–Crippen MR) is 39.9 cm³/mol. The van der Waals surface area contributed by atoms with Gasteiger partial charge >= 0.3 is 0 Å². The Morgan fingerprint density at radius 1 is 1.70 bits per heavy atom. The first-order valence-corrected chi connectivity index (χ1v) is 3.41. The van der Waals surface area contributed by atoms with Gasteiger partial charge in [0.15, 0.2) is 0 Å². The third kappa shape index (κ3) is 1.46. The summed E-state index contributed by atoms with van der Waals surface area (Å²) in [6.07, 6.45) is 2.64. The molecule has 1 aromatic heterocycles. The first-order chi connectivity index (χ1) is 4.84. The largest absolute Gasteiger partial charge is 0.344 e. The SMILES string of the molecule is CCCN(C)c1ncn[nH]1. The summed E-state index contributed by atoms with van der Waals surface area (Å²) < 4.78 is 0. The van der Waals surface area contributed by atoms with Gasteiger partial charge in [-0.3, -0.25) is 0 Å². The van der Waals surface area contributed by atoms with Gasteiger partial charge in [0, 0.05) is 13.6 Å². The van der Waals surface area contributed by atoms with Gasteiger partial charge in [-0.1, -0.05) is 6.92 Å². The van der Waals surface area contributed by atoms with E-state index in [4.69, 9.17) is 0 Å². The molecule has 0 aliphatic rings. The smallest absolute Gasteiger partial charge is 0.220 e. The molecule has 0 radical (unpaired) electrons. The lowest BCUT2D eigenvalue weighted by atomic mass is 10.4. The first kappa shape index (κ1) is 7.05. The summed E-state index contributed by atoms with van der Waals surface area (Å²) in [7, 11) is 1.99. The van der Waals surface area contributed by atoms with Crippen molar-refractivity contribution >= 4 is 5.95 Å². The van der Waals surface area contributed by atoms with Crippen LogP contribution >= 0.6 is 0 Å². The molecule has 0 atom stereocenters. The maximum absolute atomic E-state index is 3.99. The van der Waals surface area contributed by atoms with Crippen molar-refractivity contribution in [3.63, 3.8) is 0 Å². The monoisotopic (exact) mass is 140 g/mol. The summed E-state index contributed by atoms with van der Waals surface area (Å²) in [4.78, 5) is 6.03. The fraction of sp³-hybridized carbons (Fsp3) is 0.667. The number of anilines is 1. The molecule has 10 heavy (non-hydrogen) atoms. The molecule has 1 rings (SSSR count). The molecule has 1 aromatic rings. The fourth-order valence-electron chi connectivity index (χ4n) is 0.824. The zero-order valence-electron chi connectivity index (χ0n) is 6.33. The van der Waals surface area contributed by atoms with Crippen LogP contribution in [-0.4, -0.2) is 28.8 Å². The van der Waals surface area contributed by atoms with Crippen molar-refractivity contribution in [2.75, 3.05) is 18.5 Å². The highest BCUT2D eigenvalue weighted by Crippen LogP contribution is 2.00. The second-order valence-corrected chi connectivity index (χ2v) is 2.23. The Morgan fingerprint density at radius 3 is 3.00 bits per heavy atom. The highest BCUT2D eigenvalue weighted by atomic mass is 15.3. The van der Waals surface area contributed by atoms with Gasteiger partial charge in [0.25, 0.3) is 0 Å². The van der Waals surface area contributed by atoms with Gasteiger partial charge in [0.2, 0.25) is 5.95 Å². The molecule has 1 heterocycles. The minimum Gasteiger partial charge on any atom is -0.344 e. The van der Waals surface area contributed by atoms with E-state index in [0.717, 1.165) is 18.9 Å². The van der Waals surface area contributed by atoms with Crippen LogP contribution in [-0.2, 0) is 0 Å². The van der Waals surface area contributed by atoms with E-state index < -0.39 is 0 Å². The molecule has 0 aliphatic heterocycles. The molecule has 4 nitrogen and oxygen atoms in total. The molecule has 0 spiro atoms. The molecule has 56 valence electrons. The summed E-state index contributed by atoms with van der Waals surface area (Å²) >= 11 is 0. The van der Waals surface area contributed by atoms with Gasteiger partial charge in [-0.2, -0.15) is 10.1 Å². The Balaban J connectivity index is 2.50. The third-order valence-electron chi connectivity index (χ3n) is 1.32. The highest BCUT2D eigenvalue weighted by Gasteiger charge is 1.99. The molecule has 0 aliphatic carbocycles. The molecular formula is C6H12N4. The third-order valence-corrected chi connectivity index (χ3v) is 1.32. The van der Waals surface area contributed by atoms with Crippen LogP contribution in [0, 0.1) is 0 Å². The zero-order chi connectivity index (χ0) is 7.40. The van der Waals surface area contributed by atoms with E-state index >= 15 is 0 Å². The Morgan fingerprint density at radius 2 is 2.50 bits per heavy atom. The molecule has 0 saturated carbocycles. The van der Waals surface area contributed by atoms with Crippen molar-refractivity contribution in [2.24, 2.45) is 0 Å². The Hall–Kier alpha value is -1.06. The van der Waals surface area contributed by atoms with Crippen molar-refractivity contribution in [1.82, 2.24) is 15.2 Å². The van der Waals surface area contributed by atoms with Gasteiger partial charge in [0.1, 0.15) is 6.33 Å². The minimum absolute atomic E-state index is 0.835. The van der Waals surface area contributed by atoms with Crippen LogP contribution in [0.4, 0.5) is 5.95 Å². The van der Waals surface area contributed by atoms with E-state index in [2.05, 4.69) is 22.1 Å². The average molecular weight is 140 g/mol. The summed E-state index contributed by atoms with van der Waals surface area (Å²) in [6, 6.07) is 0. The van der Waals surface area contributed by atoms with Crippen molar-refractivity contribution < 1.29 is 0 Å². The molecule has 0 fully saturated rings. The number of H-pyrrole nitrogens is 1. The van der Waals surface area contributed by atoms with Gasteiger partial charge in [-0.05, 0) is 6.42 Å². The molecular weight excluding hydrogens is 128 g/mol. The quantitative estimate of drug-likeness (QED) is 0.670. The van der Waals surface area contributed by atoms with Crippen LogP contribution in [0.5, 0.6) is 0 Å². The summed E-state index contributed by atoms with van der Waals surface area (Å²) in [5.74, 6) is 0.835. The van der Waals surface area contributed by atoms with Crippen molar-refractivity contribution in [3.8, 4) is 0 Å². The maximum atomic E-state index is 3.99. The fourth-order valence-corrected chi connectivity index (χ4v) is 0.824. The Kier molecular flexibility index (Phi) is 2.25. The van der Waals surface area contributed by atoms with E-state index in [-0.39, 0.29) is 0 Å². The van der Waals surface area contributed by atoms with Crippen LogP contribution in [0.2, 0.25) is 0 Å². The first-order valence-electron chi connectivity index (χ1n) is 3.41. The van der Waals surface area contributed by atoms with Gasteiger partial charge < -0.3 is 4.90 Å². The molecule has 0 unspecified atom stereocenters. The number of aromatic amines is 1. The summed E-state index contributed by atoms with van der Waals surface area (Å²) in [6.45, 7) is 3.14. The number of hydrogen-bond donors (Lipinski definition) is 1. The predicted octanol–water partition coefficient (Wildman–Crippen LogP) is 0.651. The van der Waals surface area contributed by atoms with Crippen LogP contribution in [0.3, 0.4) is 0 Å². The maximum Gasteiger partial charge on any atom is 0.220 e. The molecule has 1 N–H and O–H groups in total. The van der Waals surface area contributed by atoms with Crippen LogP contribution in [0.15, 0.2) is 6.33 Å². The number of nitrogens with one attached hydrogen (secondary N) is 1. The van der Waals surface area contributed by atoms with Gasteiger partial charge in [-0.15, -0.1) is 0 Å². The van der Waals surface area contributed by atoms with Crippen LogP contribution < -0.4 is 4.90 Å². The molecule has 0 aromatic carbocycles. The molecule has 4 heteroatoms. The summed E-state index contributed by atoms with van der Waals surface area (Å²) in [5.41, 5.74) is 0. The van der Waals surface area contributed by atoms with E-state index in [1.807, 2.05) is 11.9 Å². The second kappa shape index (κ2) is 3.20. The topological polar surface area (TPSA) is 44.8 Å².